The highest BCUT2D eigenvalue weighted by Crippen LogP contribution is 2.52. The lowest BCUT2D eigenvalue weighted by Gasteiger charge is -2.22. The maximum Gasteiger partial charge on any atom is 0.0547 e. The molecule has 0 aliphatic heterocycles. The molecule has 0 radical (unpaired) electrons. The van der Waals surface area contributed by atoms with E-state index in [1.807, 2.05) is 0 Å². The first-order valence-electron chi connectivity index (χ1n) is 20.8. The summed E-state index contributed by atoms with van der Waals surface area (Å²) in [6.45, 7) is 4.78. The quantitative estimate of drug-likeness (QED) is 0.158. The Bertz CT molecular complexity index is 3430. The van der Waals surface area contributed by atoms with E-state index in [-0.39, 0.29) is 5.41 Å². The van der Waals surface area contributed by atoms with E-state index in [1.54, 1.807) is 0 Å². The van der Waals surface area contributed by atoms with E-state index in [2.05, 4.69) is 219 Å². The molecule has 0 atom stereocenters. The lowest BCUT2D eigenvalue weighted by atomic mass is 9.82. The van der Waals surface area contributed by atoms with Gasteiger partial charge in [0.1, 0.15) is 0 Å². The topological polar surface area (TPSA) is 4.93 Å². The number of fused-ring (bicyclic) bond motifs is 12. The smallest absolute Gasteiger partial charge is 0.0547 e. The number of allylic oxidation sites excluding steroid dienone is 6. The number of nitrogens with zero attached hydrogens (tertiary/aromatic N) is 1. The molecule has 12 rings (SSSR count). The van der Waals surface area contributed by atoms with Crippen LogP contribution in [0.4, 0.5) is 0 Å². The Morgan fingerprint density at radius 2 is 1.05 bits per heavy atom. The maximum absolute atomic E-state index is 2.57. The number of rotatable bonds is 4. The molecule has 2 aliphatic rings. The molecule has 2 aliphatic carbocycles. The Balaban J connectivity index is 1.18. The lowest BCUT2D eigenvalue weighted by Crippen LogP contribution is -2.15. The summed E-state index contributed by atoms with van der Waals surface area (Å²) in [5.41, 5.74) is 16.4. The molecule has 0 unspecified atom stereocenters. The fourth-order valence-electron chi connectivity index (χ4n) is 10.3. The molecule has 1 heteroatoms. The average Bonchev–Trinajstić information content (AvgIpc) is 3.53. The number of benzene rings is 9. The summed E-state index contributed by atoms with van der Waals surface area (Å²) in [7, 11) is 0. The van der Waals surface area contributed by atoms with Gasteiger partial charge in [-0.3, -0.25) is 0 Å². The van der Waals surface area contributed by atoms with Crippen LogP contribution in [-0.2, 0) is 5.41 Å². The van der Waals surface area contributed by atoms with Gasteiger partial charge in [-0.15, -0.1) is 0 Å². The Morgan fingerprint density at radius 1 is 0.407 bits per heavy atom. The van der Waals surface area contributed by atoms with Crippen molar-refractivity contribution in [2.45, 2.75) is 25.7 Å². The highest BCUT2D eigenvalue weighted by Gasteiger charge is 2.36. The van der Waals surface area contributed by atoms with Crippen molar-refractivity contribution in [3.63, 3.8) is 0 Å². The van der Waals surface area contributed by atoms with E-state index >= 15 is 0 Å². The zero-order valence-electron chi connectivity index (χ0n) is 33.2. The van der Waals surface area contributed by atoms with Crippen LogP contribution in [0.3, 0.4) is 0 Å². The van der Waals surface area contributed by atoms with Gasteiger partial charge in [-0.25, -0.2) is 0 Å². The van der Waals surface area contributed by atoms with E-state index in [9.17, 15) is 0 Å². The first-order valence-corrected chi connectivity index (χ1v) is 20.8. The largest absolute Gasteiger partial charge is 0.309 e. The molecular formula is C58H41N. The Kier molecular flexibility index (Phi) is 7.40. The lowest BCUT2D eigenvalue weighted by molar-refractivity contribution is 0.661. The van der Waals surface area contributed by atoms with E-state index in [0.29, 0.717) is 0 Å². The van der Waals surface area contributed by atoms with Crippen molar-refractivity contribution < 1.29 is 0 Å². The van der Waals surface area contributed by atoms with Crippen molar-refractivity contribution in [1.29, 1.82) is 0 Å². The van der Waals surface area contributed by atoms with Crippen molar-refractivity contribution in [3.05, 3.63) is 217 Å². The number of hydrogen-bond donors (Lipinski definition) is 0. The van der Waals surface area contributed by atoms with Crippen molar-refractivity contribution in [2.75, 3.05) is 0 Å². The number of hydrogen-bond acceptors (Lipinski definition) is 0. The SMILES string of the molecule is CC1(C)c2ccccc2-c2cc3c4cc(-c5cc(C6=CC=CC=CC6)cc(-c6ccccc6)c5)ccc4n(-c4cccc5c6ccccc6c6ccccc6c45)c3cc21. The van der Waals surface area contributed by atoms with Crippen LogP contribution in [0.5, 0.6) is 0 Å². The average molecular weight is 752 g/mol. The minimum absolute atomic E-state index is 0.125. The molecular weight excluding hydrogens is 711 g/mol. The molecule has 278 valence electrons. The molecule has 0 saturated carbocycles. The number of aromatic nitrogens is 1. The molecule has 0 saturated heterocycles. The fourth-order valence-corrected chi connectivity index (χ4v) is 10.3. The standard InChI is InChI=1S/C58H41N/c1-58(2)52-27-15-14-24-46(52)49-35-51-50-34-39(42-32-40(37-17-6-3-4-7-18-37)31-41(33-42)38-19-8-5-9-20-38)29-30-54(50)59(56(51)36-53(49)58)55-28-16-26-48-45-22-11-10-21-43(45)44-23-12-13-25-47(44)57(48)55/h3-17,19-36H,18H2,1-2H3. The molecule has 59 heavy (non-hydrogen) atoms. The zero-order chi connectivity index (χ0) is 39.2. The summed E-state index contributed by atoms with van der Waals surface area (Å²) in [5, 5.41) is 10.2. The van der Waals surface area contributed by atoms with Gasteiger partial charge in [0.05, 0.1) is 16.7 Å². The summed E-state index contributed by atoms with van der Waals surface area (Å²) in [6.07, 6.45) is 11.8. The zero-order valence-corrected chi connectivity index (χ0v) is 33.2. The fraction of sp³-hybridized carbons (Fsp3) is 0.0690. The molecule has 9 aromatic carbocycles. The highest BCUT2D eigenvalue weighted by molar-refractivity contribution is 6.28. The summed E-state index contributed by atoms with van der Waals surface area (Å²) in [5.74, 6) is 0. The van der Waals surface area contributed by atoms with E-state index < -0.39 is 0 Å². The van der Waals surface area contributed by atoms with Crippen molar-refractivity contribution in [3.8, 4) is 39.1 Å². The van der Waals surface area contributed by atoms with E-state index in [1.165, 1.54) is 115 Å². The minimum Gasteiger partial charge on any atom is -0.309 e. The Hall–Kier alpha value is -7.22. The van der Waals surface area contributed by atoms with Crippen LogP contribution in [0.1, 0.15) is 37.0 Å². The molecule has 0 fully saturated rings. The molecule has 0 amide bonds. The summed E-state index contributed by atoms with van der Waals surface area (Å²) >= 11 is 0. The van der Waals surface area contributed by atoms with Gasteiger partial charge < -0.3 is 4.57 Å². The highest BCUT2D eigenvalue weighted by atomic mass is 15.0. The van der Waals surface area contributed by atoms with Gasteiger partial charge in [-0.2, -0.15) is 0 Å². The van der Waals surface area contributed by atoms with Crippen molar-refractivity contribution in [1.82, 2.24) is 4.57 Å². The second kappa shape index (κ2) is 12.9. The first-order chi connectivity index (χ1) is 29.0. The molecule has 0 bridgehead atoms. The molecule has 1 nitrogen and oxygen atoms in total. The van der Waals surface area contributed by atoms with Crippen LogP contribution in [0.25, 0.3) is 98.8 Å². The summed E-state index contributed by atoms with van der Waals surface area (Å²) < 4.78 is 2.57. The molecule has 0 N–H and O–H groups in total. The van der Waals surface area contributed by atoms with Crippen LogP contribution in [0.2, 0.25) is 0 Å². The third-order valence-corrected chi connectivity index (χ3v) is 13.2. The predicted molar refractivity (Wildman–Crippen MR) is 253 cm³/mol. The predicted octanol–water partition coefficient (Wildman–Crippen LogP) is 15.8. The van der Waals surface area contributed by atoms with Gasteiger partial charge in [-0.05, 0) is 138 Å². The van der Waals surface area contributed by atoms with Gasteiger partial charge in [0.2, 0.25) is 0 Å². The third-order valence-electron chi connectivity index (χ3n) is 13.2. The van der Waals surface area contributed by atoms with Gasteiger partial charge in [-0.1, -0.05) is 166 Å². The monoisotopic (exact) mass is 751 g/mol. The summed E-state index contributed by atoms with van der Waals surface area (Å²) in [4.78, 5) is 0. The first kappa shape index (κ1) is 33.9. The minimum atomic E-state index is -0.125. The normalized spacial score (nSPS) is 14.3. The van der Waals surface area contributed by atoms with Crippen LogP contribution < -0.4 is 0 Å². The third kappa shape index (κ3) is 5.11. The van der Waals surface area contributed by atoms with Crippen LogP contribution in [0.15, 0.2) is 200 Å². The second-order valence-electron chi connectivity index (χ2n) is 16.8. The van der Waals surface area contributed by atoms with Gasteiger partial charge in [0, 0.05) is 21.6 Å². The molecule has 1 aromatic heterocycles. The van der Waals surface area contributed by atoms with Crippen molar-refractivity contribution >= 4 is 59.7 Å². The molecule has 0 spiro atoms. The van der Waals surface area contributed by atoms with Crippen LogP contribution in [0, 0.1) is 0 Å². The van der Waals surface area contributed by atoms with Crippen LogP contribution >= 0.6 is 0 Å². The molecule has 1 heterocycles. The van der Waals surface area contributed by atoms with Crippen LogP contribution in [-0.4, -0.2) is 4.57 Å². The van der Waals surface area contributed by atoms with Crippen molar-refractivity contribution in [2.24, 2.45) is 0 Å². The Morgan fingerprint density at radius 3 is 1.85 bits per heavy atom. The maximum atomic E-state index is 2.57. The Labute approximate surface area is 344 Å². The second-order valence-corrected chi connectivity index (χ2v) is 16.8. The van der Waals surface area contributed by atoms with Gasteiger partial charge >= 0.3 is 0 Å². The van der Waals surface area contributed by atoms with Gasteiger partial charge in [0.15, 0.2) is 0 Å². The summed E-state index contributed by atoms with van der Waals surface area (Å²) in [6, 6.07) is 63.9. The van der Waals surface area contributed by atoms with Gasteiger partial charge in [0.25, 0.3) is 0 Å². The molecule has 10 aromatic rings. The van der Waals surface area contributed by atoms with E-state index in [0.717, 1.165) is 6.42 Å². The van der Waals surface area contributed by atoms with E-state index in [4.69, 9.17) is 0 Å².